The quantitative estimate of drug-likeness (QED) is 0.840. The molecule has 0 spiro atoms. The van der Waals surface area contributed by atoms with Crippen molar-refractivity contribution in [1.82, 2.24) is 4.90 Å². The van der Waals surface area contributed by atoms with Gasteiger partial charge < -0.3 is 10.6 Å². The highest BCUT2D eigenvalue weighted by molar-refractivity contribution is 5.86. The number of nitrogens with two attached hydrogens (primary N) is 1. The monoisotopic (exact) mass is 291 g/mol. The number of hydrogen-bond acceptors (Lipinski definition) is 3. The maximum Gasteiger partial charge on any atom is 0.104 e. The normalized spacial score (nSPS) is 27.0. The largest absolute Gasteiger partial charge is 0.334 e. The van der Waals surface area contributed by atoms with Crippen molar-refractivity contribution in [2.24, 2.45) is 27.5 Å². The van der Waals surface area contributed by atoms with Gasteiger partial charge in [0.2, 0.25) is 0 Å². The van der Waals surface area contributed by atoms with Crippen molar-refractivity contribution < 1.29 is 0 Å². The van der Waals surface area contributed by atoms with Crippen LogP contribution in [0.25, 0.3) is 0 Å². The third-order valence-electron chi connectivity index (χ3n) is 4.70. The molecule has 3 nitrogen and oxygen atoms in total. The Kier molecular flexibility index (Phi) is 4.27. The van der Waals surface area contributed by atoms with Crippen LogP contribution >= 0.6 is 0 Å². The molecular formula is C18H33N3. The standard InChI is InChI=1S/C18H33N3/c1-8-14-20-16(18(5,6)7)15(17(2,3)4)13-9-12(10-19)11-21(13)14/h12,16H,8-11,19H2,1-7H3. The Balaban J connectivity index is 2.57. The first-order valence-electron chi connectivity index (χ1n) is 8.37. The van der Waals surface area contributed by atoms with E-state index in [0.29, 0.717) is 5.92 Å². The average Bonchev–Trinajstić information content (AvgIpc) is 2.77. The van der Waals surface area contributed by atoms with Crippen molar-refractivity contribution in [1.29, 1.82) is 0 Å². The predicted octanol–water partition coefficient (Wildman–Crippen LogP) is 3.80. The van der Waals surface area contributed by atoms with E-state index in [2.05, 4.69) is 53.4 Å². The van der Waals surface area contributed by atoms with E-state index >= 15 is 0 Å². The van der Waals surface area contributed by atoms with Crippen molar-refractivity contribution in [2.75, 3.05) is 13.1 Å². The van der Waals surface area contributed by atoms with Crippen LogP contribution in [0.4, 0.5) is 0 Å². The van der Waals surface area contributed by atoms with Crippen molar-refractivity contribution in [3.63, 3.8) is 0 Å². The molecule has 1 saturated heterocycles. The zero-order chi connectivity index (χ0) is 16.0. The molecule has 0 aromatic rings. The van der Waals surface area contributed by atoms with E-state index in [0.717, 1.165) is 25.9 Å². The lowest BCUT2D eigenvalue weighted by Gasteiger charge is -2.43. The lowest BCUT2D eigenvalue weighted by molar-refractivity contribution is 0.292. The molecule has 0 saturated carbocycles. The lowest BCUT2D eigenvalue weighted by Crippen LogP contribution is -2.42. The minimum atomic E-state index is 0.151. The van der Waals surface area contributed by atoms with Crippen LogP contribution in [0.15, 0.2) is 16.3 Å². The van der Waals surface area contributed by atoms with Gasteiger partial charge in [-0.25, -0.2) is 0 Å². The highest BCUT2D eigenvalue weighted by Crippen LogP contribution is 2.46. The molecule has 2 heterocycles. The van der Waals surface area contributed by atoms with E-state index in [1.54, 1.807) is 0 Å². The molecule has 1 fully saturated rings. The predicted molar refractivity (Wildman–Crippen MR) is 91.3 cm³/mol. The van der Waals surface area contributed by atoms with E-state index < -0.39 is 0 Å². The van der Waals surface area contributed by atoms with Gasteiger partial charge >= 0.3 is 0 Å². The fourth-order valence-electron chi connectivity index (χ4n) is 3.68. The van der Waals surface area contributed by atoms with Gasteiger partial charge in [0.15, 0.2) is 0 Å². The van der Waals surface area contributed by atoms with Crippen LogP contribution in [-0.2, 0) is 0 Å². The number of hydrogen-bond donors (Lipinski definition) is 1. The molecular weight excluding hydrogens is 258 g/mol. The Morgan fingerprint density at radius 3 is 2.24 bits per heavy atom. The van der Waals surface area contributed by atoms with Gasteiger partial charge in [0.05, 0.1) is 6.04 Å². The highest BCUT2D eigenvalue weighted by Gasteiger charge is 2.43. The van der Waals surface area contributed by atoms with Gasteiger partial charge in [0, 0.05) is 18.7 Å². The summed E-state index contributed by atoms with van der Waals surface area (Å²) in [5.41, 5.74) is 9.32. The van der Waals surface area contributed by atoms with Crippen molar-refractivity contribution >= 4 is 5.84 Å². The summed E-state index contributed by atoms with van der Waals surface area (Å²) in [5, 5.41) is 0. The number of amidine groups is 1. The van der Waals surface area contributed by atoms with Gasteiger partial charge in [-0.15, -0.1) is 0 Å². The van der Waals surface area contributed by atoms with Crippen LogP contribution in [-0.4, -0.2) is 29.9 Å². The molecule has 2 unspecified atom stereocenters. The summed E-state index contributed by atoms with van der Waals surface area (Å²) in [6.07, 6.45) is 2.12. The summed E-state index contributed by atoms with van der Waals surface area (Å²) in [4.78, 5) is 7.65. The summed E-state index contributed by atoms with van der Waals surface area (Å²) in [6.45, 7) is 18.0. The second-order valence-corrected chi connectivity index (χ2v) is 8.69. The molecule has 21 heavy (non-hydrogen) atoms. The molecule has 0 aromatic carbocycles. The number of nitrogens with zero attached hydrogens (tertiary/aromatic N) is 2. The van der Waals surface area contributed by atoms with Gasteiger partial charge in [-0.3, -0.25) is 4.99 Å². The van der Waals surface area contributed by atoms with E-state index in [9.17, 15) is 0 Å². The minimum absolute atomic E-state index is 0.151. The van der Waals surface area contributed by atoms with E-state index in [1.165, 1.54) is 17.1 Å². The zero-order valence-electron chi connectivity index (χ0n) is 15.0. The van der Waals surface area contributed by atoms with Crippen LogP contribution in [0.5, 0.6) is 0 Å². The Morgan fingerprint density at radius 2 is 1.81 bits per heavy atom. The third-order valence-corrected chi connectivity index (χ3v) is 4.70. The first-order valence-corrected chi connectivity index (χ1v) is 8.37. The average molecular weight is 291 g/mol. The van der Waals surface area contributed by atoms with Crippen LogP contribution in [0, 0.1) is 16.7 Å². The maximum absolute atomic E-state index is 5.96. The molecule has 0 amide bonds. The molecule has 2 rings (SSSR count). The molecule has 2 N–H and O–H groups in total. The Labute approximate surface area is 130 Å². The molecule has 0 aliphatic carbocycles. The minimum Gasteiger partial charge on any atom is -0.334 e. The van der Waals surface area contributed by atoms with Gasteiger partial charge in [-0.1, -0.05) is 48.5 Å². The fourth-order valence-corrected chi connectivity index (χ4v) is 3.68. The third kappa shape index (κ3) is 3.03. The fraction of sp³-hybridized carbons (Fsp3) is 0.833. The summed E-state index contributed by atoms with van der Waals surface area (Å²) in [7, 11) is 0. The number of allylic oxidation sites excluding steroid dienone is 1. The molecule has 2 aliphatic heterocycles. The summed E-state index contributed by atoms with van der Waals surface area (Å²) in [6, 6.07) is 0.287. The SMILES string of the molecule is CCC1=NC(C(C)(C)C)C(C(C)(C)C)=C2CC(CN)CN12. The Morgan fingerprint density at radius 1 is 1.19 bits per heavy atom. The smallest absolute Gasteiger partial charge is 0.104 e. The van der Waals surface area contributed by atoms with Gasteiger partial charge in [-0.05, 0) is 35.3 Å². The first-order chi connectivity index (χ1) is 9.59. The van der Waals surface area contributed by atoms with Gasteiger partial charge in [0.25, 0.3) is 0 Å². The van der Waals surface area contributed by atoms with Crippen molar-refractivity contribution in [3.8, 4) is 0 Å². The summed E-state index contributed by atoms with van der Waals surface area (Å²) >= 11 is 0. The van der Waals surface area contributed by atoms with E-state index in [1.807, 2.05) is 0 Å². The van der Waals surface area contributed by atoms with Crippen LogP contribution < -0.4 is 5.73 Å². The van der Waals surface area contributed by atoms with E-state index in [-0.39, 0.29) is 16.9 Å². The van der Waals surface area contributed by atoms with Crippen molar-refractivity contribution in [3.05, 3.63) is 11.3 Å². The molecule has 0 radical (unpaired) electrons. The Hall–Kier alpha value is -0.830. The number of rotatable bonds is 2. The van der Waals surface area contributed by atoms with Gasteiger partial charge in [0.1, 0.15) is 5.84 Å². The number of aliphatic imine (C=N–C) groups is 1. The molecule has 0 bridgehead atoms. The second-order valence-electron chi connectivity index (χ2n) is 8.69. The molecule has 2 aliphatic rings. The molecule has 3 heteroatoms. The molecule has 0 aromatic heterocycles. The highest BCUT2D eigenvalue weighted by atomic mass is 15.2. The van der Waals surface area contributed by atoms with Crippen LogP contribution in [0.1, 0.15) is 61.3 Å². The van der Waals surface area contributed by atoms with Crippen LogP contribution in [0.2, 0.25) is 0 Å². The zero-order valence-corrected chi connectivity index (χ0v) is 15.0. The lowest BCUT2D eigenvalue weighted by atomic mass is 9.71. The first kappa shape index (κ1) is 16.5. The van der Waals surface area contributed by atoms with Crippen molar-refractivity contribution in [2.45, 2.75) is 67.3 Å². The molecule has 120 valence electrons. The molecule has 2 atom stereocenters. The maximum atomic E-state index is 5.96. The van der Waals surface area contributed by atoms with Gasteiger partial charge in [-0.2, -0.15) is 0 Å². The summed E-state index contributed by atoms with van der Waals surface area (Å²) in [5.74, 6) is 1.83. The Bertz CT molecular complexity index is 460. The van der Waals surface area contributed by atoms with E-state index in [4.69, 9.17) is 10.7 Å². The number of fused-ring (bicyclic) bond motifs is 1. The summed E-state index contributed by atoms with van der Waals surface area (Å²) < 4.78 is 0. The van der Waals surface area contributed by atoms with Crippen LogP contribution in [0.3, 0.4) is 0 Å². The second kappa shape index (κ2) is 5.42. The topological polar surface area (TPSA) is 41.6 Å².